The molecule has 0 unspecified atom stereocenters. The molecular weight excluding hydrogens is 219 g/mol. The lowest BCUT2D eigenvalue weighted by molar-refractivity contribution is -0.531. The van der Waals surface area contributed by atoms with E-state index in [9.17, 15) is 0 Å². The average Bonchev–Trinajstić information content (AvgIpc) is 2.14. The maximum atomic E-state index is 5.02. The molecule has 0 aliphatic carbocycles. The van der Waals surface area contributed by atoms with Crippen LogP contribution in [0.1, 0.15) is 0 Å². The molecule has 0 atom stereocenters. The van der Waals surface area contributed by atoms with E-state index >= 15 is 0 Å². The first-order valence-electron chi connectivity index (χ1n) is 2.28. The zero-order valence-electron chi connectivity index (χ0n) is 4.39. The third-order valence-corrected chi connectivity index (χ3v) is 0.897. The lowest BCUT2D eigenvalue weighted by atomic mass is 10.7. The van der Waals surface area contributed by atoms with Crippen molar-refractivity contribution in [1.29, 1.82) is 0 Å². The van der Waals surface area contributed by atoms with E-state index in [4.69, 9.17) is 5.84 Å². The predicted octanol–water partition coefficient (Wildman–Crippen LogP) is -5.61. The Balaban J connectivity index is 0.000000490. The number of nitrogens with zero attached hydrogens (tertiary/aromatic N) is 1. The fourth-order valence-electron chi connectivity index (χ4n) is 0.555. The lowest BCUT2D eigenvalue weighted by Crippen LogP contribution is -3.00. The molecular formula is C3H9IN4. The number of hydrazine groups is 1. The Morgan fingerprint density at radius 3 is 2.75 bits per heavy atom. The molecule has 0 saturated carbocycles. The largest absolute Gasteiger partial charge is 1.00 e. The van der Waals surface area contributed by atoms with Crippen molar-refractivity contribution in [3.05, 3.63) is 0 Å². The maximum absolute atomic E-state index is 5.02. The van der Waals surface area contributed by atoms with Crippen molar-refractivity contribution in [1.82, 2.24) is 5.43 Å². The molecule has 1 aliphatic rings. The summed E-state index contributed by atoms with van der Waals surface area (Å²) in [6, 6.07) is 0. The number of halogens is 1. The molecule has 0 fully saturated rings. The van der Waals surface area contributed by atoms with Gasteiger partial charge in [0.1, 0.15) is 6.54 Å². The van der Waals surface area contributed by atoms with Crippen LogP contribution in [0.25, 0.3) is 0 Å². The Hall–Kier alpha value is 0.120. The fourth-order valence-corrected chi connectivity index (χ4v) is 0.555. The lowest BCUT2D eigenvalue weighted by Gasteiger charge is -1.88. The highest BCUT2D eigenvalue weighted by molar-refractivity contribution is 5.69. The monoisotopic (exact) mass is 228 g/mol. The summed E-state index contributed by atoms with van der Waals surface area (Å²) < 4.78 is 0. The second-order valence-corrected chi connectivity index (χ2v) is 1.40. The van der Waals surface area contributed by atoms with Gasteiger partial charge in [0.25, 0.3) is 0 Å². The van der Waals surface area contributed by atoms with Crippen molar-refractivity contribution in [3.8, 4) is 0 Å². The molecule has 8 heavy (non-hydrogen) atoms. The van der Waals surface area contributed by atoms with Crippen LogP contribution in [0, 0.1) is 0 Å². The standard InChI is InChI=1S/C3H8N4.HI/c4-7-3-5-1-2-6-3;/h1-2,4H2,(H2,5,6,7);1H. The van der Waals surface area contributed by atoms with Crippen LogP contribution >= 0.6 is 0 Å². The number of hydrogen-bond acceptors (Lipinski definition) is 3. The average molecular weight is 228 g/mol. The zero-order chi connectivity index (χ0) is 5.11. The number of guanidine groups is 1. The Morgan fingerprint density at radius 1 is 1.75 bits per heavy atom. The summed E-state index contributed by atoms with van der Waals surface area (Å²) in [5.41, 5.74) is 2.46. The molecule has 1 heterocycles. The molecule has 0 aromatic rings. The Labute approximate surface area is 64.9 Å². The van der Waals surface area contributed by atoms with Crippen LogP contribution in [0.5, 0.6) is 0 Å². The normalized spacial score (nSPS) is 16.9. The smallest absolute Gasteiger partial charge is 0.308 e. The molecule has 4 nitrogen and oxygen atoms in total. The molecule has 1 rings (SSSR count). The number of nitrogens with one attached hydrogen (secondary N) is 1. The zero-order valence-corrected chi connectivity index (χ0v) is 6.55. The number of nitrogens with two attached hydrogens (primary N) is 2. The van der Waals surface area contributed by atoms with E-state index < -0.39 is 0 Å². The van der Waals surface area contributed by atoms with E-state index in [-0.39, 0.29) is 24.0 Å². The van der Waals surface area contributed by atoms with Crippen molar-refractivity contribution >= 4 is 5.96 Å². The first-order chi connectivity index (χ1) is 3.43. The predicted molar refractivity (Wildman–Crippen MR) is 26.4 cm³/mol. The highest BCUT2D eigenvalue weighted by Gasteiger charge is 2.05. The molecule has 5 N–H and O–H groups in total. The molecule has 48 valence electrons. The van der Waals surface area contributed by atoms with Crippen LogP contribution in [0.4, 0.5) is 0 Å². The van der Waals surface area contributed by atoms with Crippen LogP contribution in [0.15, 0.2) is 4.99 Å². The van der Waals surface area contributed by atoms with E-state index in [0.717, 1.165) is 19.0 Å². The maximum Gasteiger partial charge on any atom is 0.308 e. The van der Waals surface area contributed by atoms with E-state index in [2.05, 4.69) is 10.4 Å². The van der Waals surface area contributed by atoms with Crippen molar-refractivity contribution in [2.75, 3.05) is 13.1 Å². The fraction of sp³-hybridized carbons (Fsp3) is 0.667. The number of hydrogen-bond donors (Lipinski definition) is 3. The van der Waals surface area contributed by atoms with Gasteiger partial charge in [0.15, 0.2) is 0 Å². The molecule has 1 aliphatic heterocycles. The molecule has 0 bridgehead atoms. The summed E-state index contributed by atoms with van der Waals surface area (Å²) in [5, 5.41) is 1.97. The topological polar surface area (TPSA) is 67.0 Å². The van der Waals surface area contributed by atoms with Gasteiger partial charge < -0.3 is 24.0 Å². The summed E-state index contributed by atoms with van der Waals surface area (Å²) in [6.45, 7) is 1.92. The van der Waals surface area contributed by atoms with Gasteiger partial charge in [-0.25, -0.2) is 10.8 Å². The van der Waals surface area contributed by atoms with Crippen LogP contribution < -0.4 is 40.6 Å². The van der Waals surface area contributed by atoms with E-state index in [1.165, 1.54) is 0 Å². The van der Waals surface area contributed by atoms with Gasteiger partial charge in [-0.1, -0.05) is 0 Å². The summed E-state index contributed by atoms with van der Waals surface area (Å²) in [6.07, 6.45) is 0. The van der Waals surface area contributed by atoms with E-state index in [1.807, 2.05) is 5.32 Å². The molecule has 5 heteroatoms. The van der Waals surface area contributed by atoms with Gasteiger partial charge >= 0.3 is 5.96 Å². The summed E-state index contributed by atoms with van der Waals surface area (Å²) in [5.74, 6) is 5.84. The molecule has 0 radical (unpaired) electrons. The van der Waals surface area contributed by atoms with Crippen molar-refractivity contribution in [2.45, 2.75) is 0 Å². The van der Waals surface area contributed by atoms with Crippen LogP contribution in [0.3, 0.4) is 0 Å². The van der Waals surface area contributed by atoms with Crippen LogP contribution in [-0.4, -0.2) is 19.0 Å². The van der Waals surface area contributed by atoms with Crippen molar-refractivity contribution in [2.24, 2.45) is 10.8 Å². The van der Waals surface area contributed by atoms with E-state index in [0.29, 0.717) is 0 Å². The quantitative estimate of drug-likeness (QED) is 0.220. The van der Waals surface area contributed by atoms with Gasteiger partial charge in [-0.3, -0.25) is 10.7 Å². The molecule has 0 aromatic heterocycles. The summed E-state index contributed by atoms with van der Waals surface area (Å²) >= 11 is 0. The van der Waals surface area contributed by atoms with Gasteiger partial charge in [0.2, 0.25) is 0 Å². The second kappa shape index (κ2) is 4.04. The van der Waals surface area contributed by atoms with Crippen LogP contribution in [0.2, 0.25) is 0 Å². The third kappa shape index (κ3) is 1.93. The second-order valence-electron chi connectivity index (χ2n) is 1.40. The highest BCUT2D eigenvalue weighted by atomic mass is 127. The van der Waals surface area contributed by atoms with Gasteiger partial charge in [-0.15, -0.1) is 0 Å². The number of rotatable bonds is 0. The minimum atomic E-state index is 0. The summed E-state index contributed by atoms with van der Waals surface area (Å²) in [4.78, 5) is 3.98. The third-order valence-electron chi connectivity index (χ3n) is 0.897. The van der Waals surface area contributed by atoms with Gasteiger partial charge in [0.05, 0.1) is 6.54 Å². The molecule has 0 aromatic carbocycles. The van der Waals surface area contributed by atoms with Crippen molar-refractivity contribution in [3.63, 3.8) is 0 Å². The number of quaternary nitrogens is 1. The first-order valence-corrected chi connectivity index (χ1v) is 2.28. The minimum Gasteiger partial charge on any atom is -1.00 e. The van der Waals surface area contributed by atoms with E-state index in [1.54, 1.807) is 0 Å². The van der Waals surface area contributed by atoms with Gasteiger partial charge in [-0.05, 0) is 0 Å². The highest BCUT2D eigenvalue weighted by Crippen LogP contribution is 1.66. The SMILES string of the molecule is NNC1=NCC[NH2+]1.[I-]. The first kappa shape index (κ1) is 8.12. The Morgan fingerprint density at radius 2 is 2.50 bits per heavy atom. The van der Waals surface area contributed by atoms with Crippen molar-refractivity contribution < 1.29 is 29.3 Å². The molecule has 0 saturated heterocycles. The number of aliphatic imine (C=N–C) groups is 1. The van der Waals surface area contributed by atoms with Gasteiger partial charge in [-0.2, -0.15) is 0 Å². The Kier molecular flexibility index (Phi) is 4.11. The summed E-state index contributed by atoms with van der Waals surface area (Å²) in [7, 11) is 0. The van der Waals surface area contributed by atoms with Crippen LogP contribution in [-0.2, 0) is 0 Å². The minimum absolute atomic E-state index is 0. The Bertz CT molecular complexity index is 91.3. The molecule has 0 amide bonds. The molecule has 0 spiro atoms. The van der Waals surface area contributed by atoms with Gasteiger partial charge in [0, 0.05) is 0 Å².